The summed E-state index contributed by atoms with van der Waals surface area (Å²) in [5.41, 5.74) is 1.37. The maximum Gasteiger partial charge on any atom is 0.290 e. The molecule has 2 aromatic rings. The second-order valence-electron chi connectivity index (χ2n) is 5.00. The molecule has 24 heavy (non-hydrogen) atoms. The first-order valence-corrected chi connectivity index (χ1v) is 7.99. The van der Waals surface area contributed by atoms with Gasteiger partial charge in [-0.3, -0.25) is 19.7 Å². The molecule has 2 aromatic carbocycles. The Morgan fingerprint density at radius 2 is 1.75 bits per heavy atom. The number of hydrogen-bond donors (Lipinski definition) is 1. The molecular weight excluding hydrogens is 326 g/mol. The van der Waals surface area contributed by atoms with Crippen molar-refractivity contribution in [3.05, 3.63) is 70.6 Å². The van der Waals surface area contributed by atoms with E-state index in [0.717, 1.165) is 17.3 Å². The molecule has 0 bridgehead atoms. The molecule has 5 nitrogen and oxygen atoms in total. The van der Waals surface area contributed by atoms with E-state index in [-0.39, 0.29) is 17.6 Å². The van der Waals surface area contributed by atoms with Gasteiger partial charge in [-0.15, -0.1) is 0 Å². The predicted molar refractivity (Wildman–Crippen MR) is 91.8 cm³/mol. The van der Waals surface area contributed by atoms with E-state index in [9.17, 15) is 14.4 Å². The molecule has 0 radical (unpaired) electrons. The zero-order chi connectivity index (χ0) is 16.9. The van der Waals surface area contributed by atoms with Gasteiger partial charge in [0.1, 0.15) is 5.75 Å². The van der Waals surface area contributed by atoms with Crippen LogP contribution in [0.25, 0.3) is 6.08 Å². The summed E-state index contributed by atoms with van der Waals surface area (Å²) in [5, 5.41) is 1.83. The van der Waals surface area contributed by atoms with Crippen LogP contribution in [-0.2, 0) is 4.79 Å². The van der Waals surface area contributed by atoms with E-state index in [4.69, 9.17) is 4.74 Å². The highest BCUT2D eigenvalue weighted by molar-refractivity contribution is 8.18. The van der Waals surface area contributed by atoms with E-state index in [1.807, 2.05) is 6.07 Å². The average molecular weight is 339 g/mol. The molecular formula is C18H13NO4S. The zero-order valence-electron chi connectivity index (χ0n) is 12.5. The lowest BCUT2D eigenvalue weighted by Crippen LogP contribution is -2.17. The fourth-order valence-corrected chi connectivity index (χ4v) is 2.77. The Morgan fingerprint density at radius 3 is 2.38 bits per heavy atom. The second kappa shape index (κ2) is 7.14. The second-order valence-corrected chi connectivity index (χ2v) is 6.01. The van der Waals surface area contributed by atoms with Crippen molar-refractivity contribution in [1.29, 1.82) is 0 Å². The molecule has 0 aliphatic carbocycles. The van der Waals surface area contributed by atoms with Crippen LogP contribution < -0.4 is 10.1 Å². The molecule has 2 amide bonds. The third kappa shape index (κ3) is 3.91. The summed E-state index contributed by atoms with van der Waals surface area (Å²) in [6.45, 7) is -0.0444. The summed E-state index contributed by atoms with van der Waals surface area (Å²) in [6.07, 6.45) is 1.63. The van der Waals surface area contributed by atoms with Gasteiger partial charge in [0, 0.05) is 5.56 Å². The largest absolute Gasteiger partial charge is 0.485 e. The molecule has 0 aromatic heterocycles. The van der Waals surface area contributed by atoms with E-state index >= 15 is 0 Å². The molecule has 6 heteroatoms. The van der Waals surface area contributed by atoms with Crippen LogP contribution in [0, 0.1) is 0 Å². The number of thioether (sulfide) groups is 1. The van der Waals surface area contributed by atoms with Gasteiger partial charge < -0.3 is 4.74 Å². The Labute approximate surface area is 142 Å². The zero-order valence-corrected chi connectivity index (χ0v) is 13.3. The number of Topliss-reactive ketones (excluding diaryl/α,β-unsaturated/α-hetero) is 1. The summed E-state index contributed by atoms with van der Waals surface area (Å²) >= 11 is 0.870. The quantitative estimate of drug-likeness (QED) is 0.668. The van der Waals surface area contributed by atoms with Crippen molar-refractivity contribution < 1.29 is 19.1 Å². The number of imide groups is 1. The number of ether oxygens (including phenoxy) is 1. The van der Waals surface area contributed by atoms with Crippen LogP contribution in [0.1, 0.15) is 15.9 Å². The minimum Gasteiger partial charge on any atom is -0.485 e. The Balaban J connectivity index is 1.61. The smallest absolute Gasteiger partial charge is 0.290 e. The van der Waals surface area contributed by atoms with Crippen molar-refractivity contribution in [3.63, 3.8) is 0 Å². The van der Waals surface area contributed by atoms with E-state index in [1.54, 1.807) is 54.6 Å². The van der Waals surface area contributed by atoms with Crippen molar-refractivity contribution in [2.24, 2.45) is 0 Å². The van der Waals surface area contributed by atoms with Gasteiger partial charge in [-0.2, -0.15) is 0 Å². The summed E-state index contributed by atoms with van der Waals surface area (Å²) in [5.74, 6) is 0.0687. The molecule has 3 rings (SSSR count). The SMILES string of the molecule is O=C1NC(=O)/C(=C/c2ccc(OCC(=O)c3ccccc3)cc2)S1. The average Bonchev–Trinajstić information content (AvgIpc) is 2.92. The predicted octanol–water partition coefficient (Wildman–Crippen LogP) is 3.27. The van der Waals surface area contributed by atoms with E-state index < -0.39 is 5.91 Å². The van der Waals surface area contributed by atoms with Gasteiger partial charge in [0.25, 0.3) is 11.1 Å². The highest BCUT2D eigenvalue weighted by Crippen LogP contribution is 2.26. The minimum atomic E-state index is -0.390. The van der Waals surface area contributed by atoms with Crippen molar-refractivity contribution in [3.8, 4) is 5.75 Å². The number of hydrogen-bond acceptors (Lipinski definition) is 5. The number of ketones is 1. The first kappa shape index (κ1) is 16.0. The van der Waals surface area contributed by atoms with Gasteiger partial charge in [-0.1, -0.05) is 42.5 Å². The van der Waals surface area contributed by atoms with Crippen LogP contribution in [0.15, 0.2) is 59.5 Å². The van der Waals surface area contributed by atoms with Crippen molar-refractivity contribution >= 4 is 34.8 Å². The fraction of sp³-hybridized carbons (Fsp3) is 0.0556. The molecule has 0 unspecified atom stereocenters. The van der Waals surface area contributed by atoms with Crippen LogP contribution in [0.5, 0.6) is 5.75 Å². The summed E-state index contributed by atoms with van der Waals surface area (Å²) in [4.78, 5) is 34.9. The van der Waals surface area contributed by atoms with Crippen molar-refractivity contribution in [1.82, 2.24) is 5.32 Å². The van der Waals surface area contributed by atoms with Crippen molar-refractivity contribution in [2.45, 2.75) is 0 Å². The van der Waals surface area contributed by atoms with Crippen LogP contribution >= 0.6 is 11.8 Å². The third-order valence-electron chi connectivity index (χ3n) is 3.29. The standard InChI is InChI=1S/C18H13NO4S/c20-15(13-4-2-1-3-5-13)11-23-14-8-6-12(7-9-14)10-16-17(21)19-18(22)24-16/h1-10H,11H2,(H,19,21,22)/b16-10-. The maximum absolute atomic E-state index is 12.0. The normalized spacial score (nSPS) is 15.4. The van der Waals surface area contributed by atoms with E-state index in [1.165, 1.54) is 0 Å². The maximum atomic E-state index is 12.0. The summed E-state index contributed by atoms with van der Waals surface area (Å²) in [6, 6.07) is 15.9. The minimum absolute atomic E-state index is 0.0444. The Kier molecular flexibility index (Phi) is 4.77. The molecule has 1 heterocycles. The monoisotopic (exact) mass is 339 g/mol. The topological polar surface area (TPSA) is 72.5 Å². The number of nitrogens with one attached hydrogen (secondary N) is 1. The molecule has 1 aliphatic rings. The number of carbonyl (C=O) groups is 3. The van der Waals surface area contributed by atoms with Gasteiger partial charge in [-0.25, -0.2) is 0 Å². The number of carbonyl (C=O) groups excluding carboxylic acids is 3. The number of benzene rings is 2. The lowest BCUT2D eigenvalue weighted by molar-refractivity contribution is -0.115. The molecule has 0 saturated carbocycles. The third-order valence-corrected chi connectivity index (χ3v) is 4.10. The Morgan fingerprint density at radius 1 is 1.04 bits per heavy atom. The molecule has 1 fully saturated rings. The lowest BCUT2D eigenvalue weighted by Gasteiger charge is -2.06. The molecule has 0 atom stereocenters. The van der Waals surface area contributed by atoms with Gasteiger partial charge in [0.05, 0.1) is 4.91 Å². The van der Waals surface area contributed by atoms with E-state index in [2.05, 4.69) is 5.32 Å². The number of rotatable bonds is 5. The molecule has 1 saturated heterocycles. The van der Waals surface area contributed by atoms with Crippen LogP contribution in [0.3, 0.4) is 0 Å². The van der Waals surface area contributed by atoms with Crippen LogP contribution in [-0.4, -0.2) is 23.5 Å². The Bertz CT molecular complexity index is 813. The Hall–Kier alpha value is -2.86. The molecule has 120 valence electrons. The highest BCUT2D eigenvalue weighted by atomic mass is 32.2. The summed E-state index contributed by atoms with van der Waals surface area (Å²) < 4.78 is 5.48. The van der Waals surface area contributed by atoms with Crippen molar-refractivity contribution in [2.75, 3.05) is 6.61 Å². The fourth-order valence-electron chi connectivity index (χ4n) is 2.09. The van der Waals surface area contributed by atoms with Gasteiger partial charge >= 0.3 is 0 Å². The van der Waals surface area contributed by atoms with Gasteiger partial charge in [-0.05, 0) is 35.5 Å². The molecule has 1 aliphatic heterocycles. The van der Waals surface area contributed by atoms with Crippen LogP contribution in [0.2, 0.25) is 0 Å². The molecule has 1 N–H and O–H groups in total. The first-order valence-electron chi connectivity index (χ1n) is 7.18. The first-order chi connectivity index (χ1) is 11.6. The van der Waals surface area contributed by atoms with Gasteiger partial charge in [0.2, 0.25) is 0 Å². The molecule has 0 spiro atoms. The van der Waals surface area contributed by atoms with Crippen LogP contribution in [0.4, 0.5) is 4.79 Å². The van der Waals surface area contributed by atoms with Gasteiger partial charge in [0.15, 0.2) is 12.4 Å². The summed E-state index contributed by atoms with van der Waals surface area (Å²) in [7, 11) is 0. The number of amides is 2. The lowest BCUT2D eigenvalue weighted by atomic mass is 10.1. The van der Waals surface area contributed by atoms with E-state index in [0.29, 0.717) is 16.2 Å². The highest BCUT2D eigenvalue weighted by Gasteiger charge is 2.24.